The van der Waals surface area contributed by atoms with Crippen LogP contribution in [0.4, 0.5) is 0 Å². The molecule has 0 aromatic rings. The van der Waals surface area contributed by atoms with Gasteiger partial charge in [0.1, 0.15) is 6.54 Å². The van der Waals surface area contributed by atoms with Crippen LogP contribution in [0.1, 0.15) is 0 Å². The minimum Gasteiger partial charge on any atom is -0.870 e. The Morgan fingerprint density at radius 1 is 1.80 bits per heavy atom. The Balaban J connectivity index is 0. The molecule has 30 valence electrons. The second-order valence-corrected chi connectivity index (χ2v) is 0.454. The SMILES string of the molecule is C#CC[NH3+].[OH-]. The van der Waals surface area contributed by atoms with Crippen LogP contribution in [0.3, 0.4) is 0 Å². The van der Waals surface area contributed by atoms with Crippen molar-refractivity contribution < 1.29 is 11.2 Å². The van der Waals surface area contributed by atoms with Gasteiger partial charge >= 0.3 is 0 Å². The average molecular weight is 73.1 g/mol. The fourth-order valence-electron chi connectivity index (χ4n) is 0. The Labute approximate surface area is 31.3 Å². The molecule has 0 unspecified atom stereocenters. The first kappa shape index (κ1) is 8.82. The average Bonchev–Trinajstić information content (AvgIpc) is 1.37. The Hall–Kier alpha value is -0.520. The van der Waals surface area contributed by atoms with E-state index in [1.807, 2.05) is 0 Å². The number of hydrogen-bond acceptors (Lipinski definition) is 1. The van der Waals surface area contributed by atoms with Crippen molar-refractivity contribution in [3.63, 3.8) is 0 Å². The standard InChI is InChI=1S/C3H5N.H2O/c1-2-3-4;/h1H,3-4H2;1H2. The summed E-state index contributed by atoms with van der Waals surface area (Å²) in [6, 6.07) is 0. The van der Waals surface area contributed by atoms with Crippen LogP contribution >= 0.6 is 0 Å². The molecular formula is C3H7NO. The number of rotatable bonds is 0. The Kier molecular flexibility index (Phi) is 17.2. The molecular weight excluding hydrogens is 66.0 g/mol. The van der Waals surface area contributed by atoms with Gasteiger partial charge in [-0.3, -0.25) is 0 Å². The van der Waals surface area contributed by atoms with Gasteiger partial charge in [-0.15, -0.1) is 6.42 Å². The van der Waals surface area contributed by atoms with Crippen molar-refractivity contribution >= 4 is 0 Å². The van der Waals surface area contributed by atoms with Crippen LogP contribution < -0.4 is 5.73 Å². The summed E-state index contributed by atoms with van der Waals surface area (Å²) in [5.74, 6) is 2.32. The fourth-order valence-corrected chi connectivity index (χ4v) is 0. The smallest absolute Gasteiger partial charge is 0.136 e. The molecule has 0 atom stereocenters. The lowest BCUT2D eigenvalue weighted by Crippen LogP contribution is -2.49. The number of quaternary nitrogens is 1. The molecule has 0 fully saturated rings. The molecule has 2 nitrogen and oxygen atoms in total. The summed E-state index contributed by atoms with van der Waals surface area (Å²) in [4.78, 5) is 0. The van der Waals surface area contributed by atoms with Crippen LogP contribution in [0.2, 0.25) is 0 Å². The van der Waals surface area contributed by atoms with E-state index >= 15 is 0 Å². The van der Waals surface area contributed by atoms with Gasteiger partial charge < -0.3 is 11.2 Å². The summed E-state index contributed by atoms with van der Waals surface area (Å²) >= 11 is 0. The maximum atomic E-state index is 4.72. The van der Waals surface area contributed by atoms with Gasteiger partial charge in [-0.1, -0.05) is 0 Å². The fraction of sp³-hybridized carbons (Fsp3) is 0.333. The van der Waals surface area contributed by atoms with Gasteiger partial charge in [0.25, 0.3) is 0 Å². The second-order valence-electron chi connectivity index (χ2n) is 0.454. The molecule has 0 amide bonds. The third kappa shape index (κ3) is 33.1. The quantitative estimate of drug-likeness (QED) is 0.355. The summed E-state index contributed by atoms with van der Waals surface area (Å²) in [5.41, 5.74) is 3.37. The molecule has 0 aliphatic carbocycles. The maximum absolute atomic E-state index is 4.72. The van der Waals surface area contributed by atoms with Crippen LogP contribution in [0, 0.1) is 12.3 Å². The van der Waals surface area contributed by atoms with E-state index in [-0.39, 0.29) is 5.48 Å². The highest BCUT2D eigenvalue weighted by Crippen LogP contribution is 1.20. The summed E-state index contributed by atoms with van der Waals surface area (Å²) in [6.07, 6.45) is 4.72. The molecule has 0 saturated carbocycles. The van der Waals surface area contributed by atoms with Gasteiger partial charge in [-0.25, -0.2) is 0 Å². The molecule has 0 aliphatic heterocycles. The molecule has 0 aromatic carbocycles. The van der Waals surface area contributed by atoms with Crippen molar-refractivity contribution in [2.24, 2.45) is 0 Å². The normalized spacial score (nSPS) is 4.00. The monoisotopic (exact) mass is 73.1 g/mol. The molecule has 0 saturated heterocycles. The lowest BCUT2D eigenvalue weighted by atomic mass is 10.7. The van der Waals surface area contributed by atoms with E-state index < -0.39 is 0 Å². The van der Waals surface area contributed by atoms with Gasteiger partial charge in [-0.2, -0.15) is 0 Å². The second kappa shape index (κ2) is 9.77. The molecule has 0 heterocycles. The molecule has 0 aliphatic rings. The minimum absolute atomic E-state index is 0. The first-order chi connectivity index (χ1) is 1.91. The lowest BCUT2D eigenvalue weighted by molar-refractivity contribution is -0.349. The van der Waals surface area contributed by atoms with Gasteiger partial charge in [0, 0.05) is 0 Å². The van der Waals surface area contributed by atoms with E-state index in [0.717, 1.165) is 0 Å². The van der Waals surface area contributed by atoms with Crippen LogP contribution in [-0.2, 0) is 0 Å². The topological polar surface area (TPSA) is 57.6 Å². The zero-order chi connectivity index (χ0) is 3.41. The molecule has 5 heavy (non-hydrogen) atoms. The van der Waals surface area contributed by atoms with Crippen LogP contribution in [0.5, 0.6) is 0 Å². The molecule has 0 aromatic heterocycles. The molecule has 0 spiro atoms. The van der Waals surface area contributed by atoms with Gasteiger partial charge in [-0.05, 0) is 5.92 Å². The highest BCUT2D eigenvalue weighted by Gasteiger charge is 1.46. The highest BCUT2D eigenvalue weighted by molar-refractivity contribution is 4.80. The molecule has 4 N–H and O–H groups in total. The zero-order valence-corrected chi connectivity index (χ0v) is 2.94. The van der Waals surface area contributed by atoms with Crippen LogP contribution in [0.15, 0.2) is 0 Å². The van der Waals surface area contributed by atoms with E-state index in [9.17, 15) is 0 Å². The van der Waals surface area contributed by atoms with Crippen LogP contribution in [0.25, 0.3) is 0 Å². The maximum Gasteiger partial charge on any atom is 0.136 e. The number of terminal acetylenes is 1. The molecule has 2 heteroatoms. The van der Waals surface area contributed by atoms with E-state index in [1.54, 1.807) is 0 Å². The third-order valence-electron chi connectivity index (χ3n) is 0.144. The molecule has 0 bridgehead atoms. The van der Waals surface area contributed by atoms with E-state index in [1.165, 1.54) is 0 Å². The van der Waals surface area contributed by atoms with E-state index in [2.05, 4.69) is 11.7 Å². The molecule has 0 rings (SSSR count). The van der Waals surface area contributed by atoms with Crippen molar-refractivity contribution in [2.45, 2.75) is 0 Å². The van der Waals surface area contributed by atoms with Crippen molar-refractivity contribution in [3.8, 4) is 12.3 Å². The van der Waals surface area contributed by atoms with Gasteiger partial charge in [0.05, 0.1) is 0 Å². The zero-order valence-electron chi connectivity index (χ0n) is 2.94. The Morgan fingerprint density at radius 2 is 2.00 bits per heavy atom. The summed E-state index contributed by atoms with van der Waals surface area (Å²) < 4.78 is 0. The largest absolute Gasteiger partial charge is 0.870 e. The summed E-state index contributed by atoms with van der Waals surface area (Å²) in [5, 5.41) is 0. The summed E-state index contributed by atoms with van der Waals surface area (Å²) in [7, 11) is 0. The highest BCUT2D eigenvalue weighted by atomic mass is 16.0. The number of hydrogen-bond donors (Lipinski definition) is 1. The van der Waals surface area contributed by atoms with Crippen molar-refractivity contribution in [1.82, 2.24) is 0 Å². The Bertz CT molecular complexity index is 36.6. The minimum atomic E-state index is 0. The Morgan fingerprint density at radius 3 is 2.00 bits per heavy atom. The lowest BCUT2D eigenvalue weighted by Gasteiger charge is -1.52. The molecule has 0 radical (unpaired) electrons. The van der Waals surface area contributed by atoms with E-state index in [4.69, 9.17) is 6.42 Å². The van der Waals surface area contributed by atoms with Crippen LogP contribution in [-0.4, -0.2) is 12.0 Å². The van der Waals surface area contributed by atoms with Crippen molar-refractivity contribution in [1.29, 1.82) is 0 Å². The van der Waals surface area contributed by atoms with Crippen molar-refractivity contribution in [2.75, 3.05) is 6.54 Å². The first-order valence-electron chi connectivity index (χ1n) is 1.14. The van der Waals surface area contributed by atoms with E-state index in [0.29, 0.717) is 6.54 Å². The first-order valence-corrected chi connectivity index (χ1v) is 1.14. The van der Waals surface area contributed by atoms with Gasteiger partial charge in [0.2, 0.25) is 0 Å². The predicted molar refractivity (Wildman–Crippen MR) is 18.5 cm³/mol. The predicted octanol–water partition coefficient (Wildman–Crippen LogP) is -1.32. The third-order valence-corrected chi connectivity index (χ3v) is 0.144. The summed E-state index contributed by atoms with van der Waals surface area (Å²) in [6.45, 7) is 0.597. The van der Waals surface area contributed by atoms with Gasteiger partial charge in [0.15, 0.2) is 0 Å². The van der Waals surface area contributed by atoms with Crippen molar-refractivity contribution in [3.05, 3.63) is 0 Å².